The molecule has 0 aliphatic carbocycles. The Morgan fingerprint density at radius 2 is 2.04 bits per heavy atom. The molecule has 1 fully saturated rings. The Morgan fingerprint density at radius 3 is 2.50 bits per heavy atom. The SMILES string of the molecule is CC1CC(C(=O)Nc2ccc([C@@H](O)CNC(C)(C)C)nc2)OC1(C)C(F)(F)F. The number of halogens is 3. The van der Waals surface area contributed by atoms with Crippen LogP contribution in [0.1, 0.15) is 52.8 Å². The van der Waals surface area contributed by atoms with Crippen LogP contribution in [0.2, 0.25) is 0 Å². The highest BCUT2D eigenvalue weighted by Crippen LogP contribution is 2.46. The summed E-state index contributed by atoms with van der Waals surface area (Å²) in [6.07, 6.45) is -5.24. The number of nitrogens with one attached hydrogen (secondary N) is 2. The maximum absolute atomic E-state index is 13.2. The topological polar surface area (TPSA) is 83.5 Å². The van der Waals surface area contributed by atoms with Crippen LogP contribution in [0.3, 0.4) is 0 Å². The standard InChI is InChI=1S/C19H28F3N3O3/c1-11-8-15(28-18(11,5)19(20,21)22)16(27)25-12-6-7-13(23-9-12)14(26)10-24-17(2,3)4/h6-7,9,11,14-15,24,26H,8,10H2,1-5H3,(H,25,27)/t11?,14-,15?,18?/m0/s1. The van der Waals surface area contributed by atoms with Crippen molar-refractivity contribution in [3.8, 4) is 0 Å². The minimum atomic E-state index is -4.55. The molecule has 2 rings (SSSR count). The number of carbonyl (C=O) groups is 1. The highest BCUT2D eigenvalue weighted by atomic mass is 19.4. The molecular weight excluding hydrogens is 375 g/mol. The van der Waals surface area contributed by atoms with Crippen LogP contribution in [-0.2, 0) is 9.53 Å². The number of aromatic nitrogens is 1. The third kappa shape index (κ3) is 5.21. The molecule has 28 heavy (non-hydrogen) atoms. The van der Waals surface area contributed by atoms with Gasteiger partial charge >= 0.3 is 6.18 Å². The van der Waals surface area contributed by atoms with Crippen molar-refractivity contribution in [2.24, 2.45) is 5.92 Å². The average molecular weight is 403 g/mol. The van der Waals surface area contributed by atoms with Crippen molar-refractivity contribution in [3.63, 3.8) is 0 Å². The Kier molecular flexibility index (Phi) is 6.42. The van der Waals surface area contributed by atoms with E-state index in [1.54, 1.807) is 12.1 Å². The molecule has 0 radical (unpaired) electrons. The minimum absolute atomic E-state index is 0.0233. The predicted octanol–water partition coefficient (Wildman–Crippen LogP) is 3.19. The van der Waals surface area contributed by atoms with Crippen LogP contribution in [0, 0.1) is 5.92 Å². The molecule has 158 valence electrons. The second-order valence-corrected chi connectivity index (χ2v) is 8.46. The Morgan fingerprint density at radius 1 is 1.39 bits per heavy atom. The van der Waals surface area contributed by atoms with E-state index in [1.807, 2.05) is 20.8 Å². The summed E-state index contributed by atoms with van der Waals surface area (Å²) >= 11 is 0. The summed E-state index contributed by atoms with van der Waals surface area (Å²) in [5.74, 6) is -1.49. The van der Waals surface area contributed by atoms with Gasteiger partial charge in [0.05, 0.1) is 17.6 Å². The number of alkyl halides is 3. The van der Waals surface area contributed by atoms with Crippen molar-refractivity contribution < 1.29 is 27.8 Å². The molecule has 9 heteroatoms. The molecule has 0 saturated carbocycles. The van der Waals surface area contributed by atoms with Gasteiger partial charge in [0.25, 0.3) is 5.91 Å². The van der Waals surface area contributed by atoms with E-state index in [1.165, 1.54) is 13.1 Å². The number of rotatable bonds is 5. The first-order chi connectivity index (χ1) is 12.7. The monoisotopic (exact) mass is 403 g/mol. The molecule has 1 aromatic rings. The van der Waals surface area contributed by atoms with Gasteiger partial charge < -0.3 is 20.5 Å². The van der Waals surface area contributed by atoms with Crippen LogP contribution in [0.25, 0.3) is 0 Å². The number of hydrogen-bond donors (Lipinski definition) is 3. The molecule has 1 amide bonds. The van der Waals surface area contributed by atoms with Gasteiger partial charge in [-0.05, 0) is 52.2 Å². The molecule has 6 nitrogen and oxygen atoms in total. The molecule has 1 saturated heterocycles. The van der Waals surface area contributed by atoms with Crippen LogP contribution < -0.4 is 10.6 Å². The van der Waals surface area contributed by atoms with E-state index in [0.717, 1.165) is 6.92 Å². The van der Waals surface area contributed by atoms with Gasteiger partial charge in [-0.2, -0.15) is 13.2 Å². The van der Waals surface area contributed by atoms with Crippen molar-refractivity contribution in [1.82, 2.24) is 10.3 Å². The number of β-amino-alcohol motifs (C(OH)–C–C–N with tert-alkyl or cyclic N) is 1. The molecule has 0 aromatic carbocycles. The normalized spacial score (nSPS) is 26.9. The van der Waals surface area contributed by atoms with Crippen LogP contribution in [0.15, 0.2) is 18.3 Å². The number of aliphatic hydroxyl groups excluding tert-OH is 1. The van der Waals surface area contributed by atoms with Crippen molar-refractivity contribution in [1.29, 1.82) is 0 Å². The summed E-state index contributed by atoms with van der Waals surface area (Å²) in [6.45, 7) is 8.62. The zero-order valence-electron chi connectivity index (χ0n) is 16.7. The smallest absolute Gasteiger partial charge is 0.385 e. The van der Waals surface area contributed by atoms with Crippen molar-refractivity contribution >= 4 is 11.6 Å². The number of carbonyl (C=O) groups excluding carboxylic acids is 1. The molecule has 2 heterocycles. The van der Waals surface area contributed by atoms with Gasteiger partial charge in [-0.15, -0.1) is 0 Å². The second kappa shape index (κ2) is 7.96. The van der Waals surface area contributed by atoms with Crippen LogP contribution in [-0.4, -0.2) is 46.0 Å². The van der Waals surface area contributed by atoms with Crippen LogP contribution >= 0.6 is 0 Å². The fourth-order valence-corrected chi connectivity index (χ4v) is 2.92. The third-order valence-corrected chi connectivity index (χ3v) is 4.97. The summed E-state index contributed by atoms with van der Waals surface area (Å²) in [4.78, 5) is 16.4. The first kappa shape index (κ1) is 22.6. The van der Waals surface area contributed by atoms with E-state index in [4.69, 9.17) is 4.74 Å². The average Bonchev–Trinajstić information content (AvgIpc) is 2.89. The molecule has 1 aliphatic heterocycles. The highest BCUT2D eigenvalue weighted by molar-refractivity contribution is 5.94. The van der Waals surface area contributed by atoms with E-state index in [2.05, 4.69) is 15.6 Å². The van der Waals surface area contributed by atoms with Crippen molar-refractivity contribution in [3.05, 3.63) is 24.0 Å². The van der Waals surface area contributed by atoms with Gasteiger partial charge in [0.15, 0.2) is 5.60 Å². The van der Waals surface area contributed by atoms with E-state index < -0.39 is 35.8 Å². The van der Waals surface area contributed by atoms with Crippen molar-refractivity contribution in [2.45, 2.75) is 70.6 Å². The van der Waals surface area contributed by atoms with Gasteiger partial charge in [-0.3, -0.25) is 9.78 Å². The van der Waals surface area contributed by atoms with Gasteiger partial charge in [-0.1, -0.05) is 6.92 Å². The van der Waals surface area contributed by atoms with Gasteiger partial charge in [-0.25, -0.2) is 0 Å². The fraction of sp³-hybridized carbons (Fsp3) is 0.684. The van der Waals surface area contributed by atoms with Gasteiger partial charge in [0.2, 0.25) is 0 Å². The maximum Gasteiger partial charge on any atom is 0.417 e. The lowest BCUT2D eigenvalue weighted by Crippen LogP contribution is -2.47. The number of anilines is 1. The summed E-state index contributed by atoms with van der Waals surface area (Å²) in [6, 6.07) is 3.10. The van der Waals surface area contributed by atoms with E-state index >= 15 is 0 Å². The lowest BCUT2D eigenvalue weighted by atomic mass is 9.89. The second-order valence-electron chi connectivity index (χ2n) is 8.46. The number of pyridine rings is 1. The quantitative estimate of drug-likeness (QED) is 0.703. The molecule has 1 aliphatic rings. The summed E-state index contributed by atoms with van der Waals surface area (Å²) in [7, 11) is 0. The van der Waals surface area contributed by atoms with Gasteiger partial charge in [0, 0.05) is 12.1 Å². The summed E-state index contributed by atoms with van der Waals surface area (Å²) in [5, 5.41) is 15.8. The molecule has 3 N–H and O–H groups in total. The Bertz CT molecular complexity index is 688. The summed E-state index contributed by atoms with van der Waals surface area (Å²) < 4.78 is 44.7. The number of hydrogen-bond acceptors (Lipinski definition) is 5. The minimum Gasteiger partial charge on any atom is -0.385 e. The van der Waals surface area contributed by atoms with Crippen LogP contribution in [0.4, 0.5) is 18.9 Å². The largest absolute Gasteiger partial charge is 0.417 e. The molecule has 0 spiro atoms. The lowest BCUT2D eigenvalue weighted by molar-refractivity contribution is -0.272. The van der Waals surface area contributed by atoms with Crippen molar-refractivity contribution in [2.75, 3.05) is 11.9 Å². The first-order valence-corrected chi connectivity index (χ1v) is 9.17. The fourth-order valence-electron chi connectivity index (χ4n) is 2.92. The Hall–Kier alpha value is -1.71. The lowest BCUT2D eigenvalue weighted by Gasteiger charge is -2.30. The number of aliphatic hydroxyl groups is 1. The number of nitrogens with zero attached hydrogens (tertiary/aromatic N) is 1. The zero-order chi connectivity index (χ0) is 21.3. The predicted molar refractivity (Wildman–Crippen MR) is 98.7 cm³/mol. The third-order valence-electron chi connectivity index (χ3n) is 4.97. The molecule has 1 aromatic heterocycles. The van der Waals surface area contributed by atoms with E-state index in [9.17, 15) is 23.1 Å². The summed E-state index contributed by atoms with van der Waals surface area (Å²) in [5.41, 5.74) is -1.76. The van der Waals surface area contributed by atoms with Crippen LogP contribution in [0.5, 0.6) is 0 Å². The number of ether oxygens (including phenoxy) is 1. The Labute approximate surface area is 162 Å². The maximum atomic E-state index is 13.2. The molecule has 4 atom stereocenters. The molecule has 3 unspecified atom stereocenters. The van der Waals surface area contributed by atoms with E-state index in [0.29, 0.717) is 17.9 Å². The number of amides is 1. The zero-order valence-corrected chi connectivity index (χ0v) is 16.7. The molecular formula is C19H28F3N3O3. The highest BCUT2D eigenvalue weighted by Gasteiger charge is 2.61. The van der Waals surface area contributed by atoms with Gasteiger partial charge in [0.1, 0.15) is 12.2 Å². The molecule has 0 bridgehead atoms. The first-order valence-electron chi connectivity index (χ1n) is 9.17. The Balaban J connectivity index is 1.96. The van der Waals surface area contributed by atoms with E-state index in [-0.39, 0.29) is 12.0 Å².